The van der Waals surface area contributed by atoms with Crippen molar-refractivity contribution in [1.29, 1.82) is 0 Å². The highest BCUT2D eigenvalue weighted by Crippen LogP contribution is 2.42. The van der Waals surface area contributed by atoms with Crippen LogP contribution in [0.3, 0.4) is 0 Å². The molecule has 1 aliphatic carbocycles. The van der Waals surface area contributed by atoms with Crippen LogP contribution in [0.25, 0.3) is 0 Å². The van der Waals surface area contributed by atoms with Crippen LogP contribution < -0.4 is 0 Å². The van der Waals surface area contributed by atoms with Gasteiger partial charge in [-0.15, -0.1) is 0 Å². The van der Waals surface area contributed by atoms with Crippen LogP contribution in [-0.4, -0.2) is 16.0 Å². The van der Waals surface area contributed by atoms with Gasteiger partial charge >= 0.3 is 0 Å². The van der Waals surface area contributed by atoms with E-state index in [4.69, 9.17) is 4.74 Å². The third-order valence-corrected chi connectivity index (χ3v) is 3.20. The molecule has 3 nitrogen and oxygen atoms in total. The molecule has 0 N–H and O–H groups in total. The van der Waals surface area contributed by atoms with Gasteiger partial charge in [-0.3, -0.25) is 0 Å². The topological polar surface area (TPSA) is 35.0 Å². The Bertz CT molecular complexity index is 287. The molecular formula is C8H11BrN2OS. The van der Waals surface area contributed by atoms with Gasteiger partial charge in [0, 0.05) is 6.61 Å². The van der Waals surface area contributed by atoms with E-state index in [1.54, 1.807) is 0 Å². The Morgan fingerprint density at radius 3 is 2.92 bits per heavy atom. The van der Waals surface area contributed by atoms with Crippen LogP contribution in [0, 0.1) is 5.92 Å². The quantitative estimate of drug-likeness (QED) is 0.837. The number of aromatic nitrogens is 2. The van der Waals surface area contributed by atoms with E-state index in [1.807, 2.05) is 6.92 Å². The smallest absolute Gasteiger partial charge is 0.179 e. The molecule has 1 aromatic heterocycles. The average Bonchev–Trinajstić information content (AvgIpc) is 2.85. The van der Waals surface area contributed by atoms with E-state index in [-0.39, 0.29) is 6.10 Å². The van der Waals surface area contributed by atoms with Crippen molar-refractivity contribution < 1.29 is 4.74 Å². The standard InChI is InChI=1S/C8H11BrN2OS/c1-2-12-6(5-3-4-5)7-10-8(9)13-11-7/h5-6H,2-4H2,1H3. The van der Waals surface area contributed by atoms with Crippen LogP contribution >= 0.6 is 27.5 Å². The number of nitrogens with zero attached hydrogens (tertiary/aromatic N) is 2. The molecule has 1 unspecified atom stereocenters. The highest BCUT2D eigenvalue weighted by Gasteiger charge is 2.35. The third kappa shape index (κ3) is 2.27. The van der Waals surface area contributed by atoms with Crippen LogP contribution in [-0.2, 0) is 4.74 Å². The first kappa shape index (κ1) is 9.55. The molecule has 0 radical (unpaired) electrons. The van der Waals surface area contributed by atoms with Gasteiger partial charge in [0.25, 0.3) is 0 Å². The largest absolute Gasteiger partial charge is 0.370 e. The number of halogens is 1. The van der Waals surface area contributed by atoms with Crippen molar-refractivity contribution >= 4 is 27.5 Å². The zero-order chi connectivity index (χ0) is 9.26. The minimum atomic E-state index is 0.132. The molecule has 0 aromatic carbocycles. The molecule has 0 aliphatic heterocycles. The maximum atomic E-state index is 5.63. The second-order valence-electron chi connectivity index (χ2n) is 3.12. The summed E-state index contributed by atoms with van der Waals surface area (Å²) in [5, 5.41) is 0. The fourth-order valence-electron chi connectivity index (χ4n) is 1.33. The fourth-order valence-corrected chi connectivity index (χ4v) is 2.18. The second kappa shape index (κ2) is 4.02. The van der Waals surface area contributed by atoms with E-state index in [9.17, 15) is 0 Å². The lowest BCUT2D eigenvalue weighted by Crippen LogP contribution is -2.08. The molecule has 0 amide bonds. The van der Waals surface area contributed by atoms with E-state index >= 15 is 0 Å². The summed E-state index contributed by atoms with van der Waals surface area (Å²) in [4.78, 5) is 4.29. The summed E-state index contributed by atoms with van der Waals surface area (Å²) < 4.78 is 10.7. The van der Waals surface area contributed by atoms with Gasteiger partial charge in [0.1, 0.15) is 6.10 Å². The lowest BCUT2D eigenvalue weighted by Gasteiger charge is -2.11. The van der Waals surface area contributed by atoms with E-state index in [0.29, 0.717) is 5.92 Å². The van der Waals surface area contributed by atoms with Gasteiger partial charge in [-0.25, -0.2) is 4.98 Å². The van der Waals surface area contributed by atoms with Crippen LogP contribution in [0.2, 0.25) is 0 Å². The Kier molecular flexibility index (Phi) is 2.96. The number of rotatable bonds is 4. The Morgan fingerprint density at radius 2 is 2.46 bits per heavy atom. The van der Waals surface area contributed by atoms with Gasteiger partial charge < -0.3 is 4.74 Å². The zero-order valence-corrected chi connectivity index (χ0v) is 9.77. The van der Waals surface area contributed by atoms with Crippen LogP contribution in [0.1, 0.15) is 31.7 Å². The van der Waals surface area contributed by atoms with Gasteiger partial charge in [-0.05, 0) is 53.1 Å². The minimum absolute atomic E-state index is 0.132. The number of hydrogen-bond donors (Lipinski definition) is 0. The number of ether oxygens (including phenoxy) is 1. The third-order valence-electron chi connectivity index (χ3n) is 2.07. The van der Waals surface area contributed by atoms with Crippen molar-refractivity contribution in [2.45, 2.75) is 25.9 Å². The molecule has 1 fully saturated rings. The molecule has 5 heteroatoms. The van der Waals surface area contributed by atoms with E-state index in [2.05, 4.69) is 25.3 Å². The molecule has 72 valence electrons. The van der Waals surface area contributed by atoms with Crippen molar-refractivity contribution in [3.8, 4) is 0 Å². The Labute approximate surface area is 89.8 Å². The summed E-state index contributed by atoms with van der Waals surface area (Å²) in [6.07, 6.45) is 2.63. The van der Waals surface area contributed by atoms with E-state index in [1.165, 1.54) is 24.4 Å². The molecule has 1 atom stereocenters. The fraction of sp³-hybridized carbons (Fsp3) is 0.750. The van der Waals surface area contributed by atoms with E-state index < -0.39 is 0 Å². The monoisotopic (exact) mass is 262 g/mol. The summed E-state index contributed by atoms with van der Waals surface area (Å²) in [5.41, 5.74) is 0. The molecule has 1 heterocycles. The van der Waals surface area contributed by atoms with Gasteiger partial charge in [0.2, 0.25) is 0 Å². The summed E-state index contributed by atoms with van der Waals surface area (Å²) in [7, 11) is 0. The molecule has 2 rings (SSSR count). The summed E-state index contributed by atoms with van der Waals surface area (Å²) >= 11 is 4.69. The van der Waals surface area contributed by atoms with Gasteiger partial charge in [0.05, 0.1) is 0 Å². The summed E-state index contributed by atoms with van der Waals surface area (Å²) in [6.45, 7) is 2.74. The van der Waals surface area contributed by atoms with Gasteiger partial charge in [-0.2, -0.15) is 4.37 Å². The van der Waals surface area contributed by atoms with Crippen molar-refractivity contribution in [3.63, 3.8) is 0 Å². The molecule has 13 heavy (non-hydrogen) atoms. The number of hydrogen-bond acceptors (Lipinski definition) is 4. The van der Waals surface area contributed by atoms with Gasteiger partial charge in [-0.1, -0.05) is 0 Å². The highest BCUT2D eigenvalue weighted by atomic mass is 79.9. The Morgan fingerprint density at radius 1 is 1.69 bits per heavy atom. The van der Waals surface area contributed by atoms with Crippen LogP contribution in [0.5, 0.6) is 0 Å². The molecule has 0 saturated heterocycles. The molecule has 1 aromatic rings. The predicted octanol–water partition coefficient (Wildman–Crippen LogP) is 2.79. The molecule has 1 aliphatic rings. The SMILES string of the molecule is CCOC(c1nsc(Br)n1)C1CC1. The molecule has 0 spiro atoms. The van der Waals surface area contributed by atoms with Crippen molar-refractivity contribution in [3.05, 3.63) is 9.74 Å². The van der Waals surface area contributed by atoms with Crippen molar-refractivity contribution in [2.75, 3.05) is 6.61 Å². The van der Waals surface area contributed by atoms with Crippen LogP contribution in [0.15, 0.2) is 3.92 Å². The first-order chi connectivity index (χ1) is 6.31. The normalized spacial score (nSPS) is 18.9. The van der Waals surface area contributed by atoms with Gasteiger partial charge in [0.15, 0.2) is 9.74 Å². The second-order valence-corrected chi connectivity index (χ2v) is 5.15. The van der Waals surface area contributed by atoms with E-state index in [0.717, 1.165) is 16.3 Å². The van der Waals surface area contributed by atoms with Crippen molar-refractivity contribution in [2.24, 2.45) is 5.92 Å². The predicted molar refractivity (Wildman–Crippen MR) is 54.7 cm³/mol. The lowest BCUT2D eigenvalue weighted by atomic mass is 10.2. The highest BCUT2D eigenvalue weighted by molar-refractivity contribution is 9.11. The first-order valence-corrected chi connectivity index (χ1v) is 5.98. The molecule has 0 bridgehead atoms. The Hall–Kier alpha value is -0.0000000000000000555. The first-order valence-electron chi connectivity index (χ1n) is 4.42. The molecular weight excluding hydrogens is 252 g/mol. The average molecular weight is 263 g/mol. The minimum Gasteiger partial charge on any atom is -0.370 e. The molecule has 1 saturated carbocycles. The maximum Gasteiger partial charge on any atom is 0.179 e. The maximum absolute atomic E-state index is 5.63. The summed E-state index contributed by atoms with van der Waals surface area (Å²) in [5.74, 6) is 1.50. The zero-order valence-electron chi connectivity index (χ0n) is 7.36. The van der Waals surface area contributed by atoms with Crippen molar-refractivity contribution in [1.82, 2.24) is 9.36 Å². The Balaban J connectivity index is 2.10. The lowest BCUT2D eigenvalue weighted by molar-refractivity contribution is 0.0408. The summed E-state index contributed by atoms with van der Waals surface area (Å²) in [6, 6.07) is 0. The van der Waals surface area contributed by atoms with Crippen LogP contribution in [0.4, 0.5) is 0 Å².